The van der Waals surface area contributed by atoms with E-state index >= 15 is 0 Å². The van der Waals surface area contributed by atoms with Gasteiger partial charge in [0.25, 0.3) is 0 Å². The molecule has 5 nitrogen and oxygen atoms in total. The van der Waals surface area contributed by atoms with Crippen molar-refractivity contribution in [1.29, 1.82) is 0 Å². The van der Waals surface area contributed by atoms with Gasteiger partial charge in [0.05, 0.1) is 6.61 Å². The summed E-state index contributed by atoms with van der Waals surface area (Å²) < 4.78 is 35.0. The van der Waals surface area contributed by atoms with Gasteiger partial charge in [-0.2, -0.15) is 8.78 Å². The first-order valence-electron chi connectivity index (χ1n) is 24.6. The number of hydrogen-bond donors (Lipinski definition) is 0. The summed E-state index contributed by atoms with van der Waals surface area (Å²) in [6, 6.07) is 0.223. The van der Waals surface area contributed by atoms with Crippen LogP contribution in [0.1, 0.15) is 252 Å². The van der Waals surface area contributed by atoms with Gasteiger partial charge in [-0.25, -0.2) is 4.79 Å². The molecule has 0 spiro atoms. The zero-order valence-electron chi connectivity index (χ0n) is 38.4. The topological polar surface area (TPSA) is 49.9 Å². The number of alkyl halides is 2. The summed E-state index contributed by atoms with van der Waals surface area (Å²) in [7, 11) is 4.13. The van der Waals surface area contributed by atoms with Crippen LogP contribution in [0.4, 0.5) is 8.78 Å². The van der Waals surface area contributed by atoms with E-state index in [0.29, 0.717) is 37.5 Å². The highest BCUT2D eigenvalue weighted by molar-refractivity contribution is 5.77. The molecule has 0 aliphatic heterocycles. The number of hydrogen-bond acceptors (Lipinski definition) is 4. The quantitative estimate of drug-likeness (QED) is 0.0455. The normalized spacial score (nSPS) is 12.5. The van der Waals surface area contributed by atoms with E-state index in [4.69, 9.17) is 4.74 Å². The Morgan fingerprint density at radius 1 is 0.500 bits per heavy atom. The second-order valence-electron chi connectivity index (χ2n) is 17.7. The molecule has 0 aromatic carbocycles. The van der Waals surface area contributed by atoms with E-state index in [1.807, 2.05) is 0 Å². The zero-order chi connectivity index (χ0) is 41.5. The van der Waals surface area contributed by atoms with Gasteiger partial charge in [0.1, 0.15) is 0 Å². The van der Waals surface area contributed by atoms with Crippen molar-refractivity contribution in [3.63, 3.8) is 0 Å². The highest BCUT2D eigenvalue weighted by Gasteiger charge is 2.39. The maximum Gasteiger partial charge on any atom is 0.376 e. The molecule has 0 aromatic rings. The van der Waals surface area contributed by atoms with Gasteiger partial charge in [-0.15, -0.1) is 0 Å². The molecular weight excluding hydrogens is 703 g/mol. The van der Waals surface area contributed by atoms with Crippen molar-refractivity contribution < 1.29 is 23.1 Å². The highest BCUT2D eigenvalue weighted by Crippen LogP contribution is 2.27. The first-order valence-corrected chi connectivity index (χ1v) is 24.6. The number of carbonyl (C=O) groups is 2. The number of rotatable bonds is 43. The number of amides is 1. The molecule has 56 heavy (non-hydrogen) atoms. The van der Waals surface area contributed by atoms with Crippen LogP contribution in [0, 0.1) is 5.92 Å². The fraction of sp³-hybridized carbons (Fsp3) is 0.959. The summed E-state index contributed by atoms with van der Waals surface area (Å²) in [6.45, 7) is 10.8. The number of halogens is 2. The fourth-order valence-corrected chi connectivity index (χ4v) is 8.17. The van der Waals surface area contributed by atoms with Crippen molar-refractivity contribution in [2.24, 2.45) is 5.92 Å². The first kappa shape index (κ1) is 54.8. The van der Waals surface area contributed by atoms with Gasteiger partial charge >= 0.3 is 11.9 Å². The van der Waals surface area contributed by atoms with Gasteiger partial charge < -0.3 is 14.5 Å². The third-order valence-electron chi connectivity index (χ3n) is 11.9. The van der Waals surface area contributed by atoms with Crippen LogP contribution in [-0.2, 0) is 14.3 Å². The number of nitrogens with zero attached hydrogens (tertiary/aromatic N) is 2. The Hall–Kier alpha value is -1.24. The zero-order valence-corrected chi connectivity index (χ0v) is 38.4. The third kappa shape index (κ3) is 32.7. The second kappa shape index (κ2) is 39.2. The van der Waals surface area contributed by atoms with E-state index < -0.39 is 18.3 Å². The minimum Gasteiger partial charge on any atom is -0.461 e. The lowest BCUT2D eigenvalue weighted by molar-refractivity contribution is -0.173. The summed E-state index contributed by atoms with van der Waals surface area (Å²) in [5.41, 5.74) is 0. The van der Waals surface area contributed by atoms with Crippen molar-refractivity contribution in [3.8, 4) is 0 Å². The third-order valence-corrected chi connectivity index (χ3v) is 11.9. The minimum absolute atomic E-state index is 0.101. The summed E-state index contributed by atoms with van der Waals surface area (Å²) in [6.07, 6.45) is 37.0. The Labute approximate surface area is 348 Å². The Kier molecular flexibility index (Phi) is 38.4. The van der Waals surface area contributed by atoms with E-state index in [-0.39, 0.29) is 12.6 Å². The van der Waals surface area contributed by atoms with Crippen molar-refractivity contribution in [1.82, 2.24) is 9.80 Å². The molecule has 334 valence electrons. The van der Waals surface area contributed by atoms with Gasteiger partial charge in [0, 0.05) is 25.4 Å². The van der Waals surface area contributed by atoms with Gasteiger partial charge in [-0.1, -0.05) is 201 Å². The molecule has 0 aliphatic carbocycles. The molecule has 1 amide bonds. The molecule has 0 saturated heterocycles. The Morgan fingerprint density at radius 2 is 0.911 bits per heavy atom. The minimum atomic E-state index is -3.43. The van der Waals surface area contributed by atoms with Gasteiger partial charge in [-0.05, 0) is 65.1 Å². The summed E-state index contributed by atoms with van der Waals surface area (Å²) >= 11 is 0. The van der Waals surface area contributed by atoms with Crippen molar-refractivity contribution in [3.05, 3.63) is 0 Å². The van der Waals surface area contributed by atoms with E-state index in [1.54, 1.807) is 0 Å². The van der Waals surface area contributed by atoms with Gasteiger partial charge in [0.2, 0.25) is 5.91 Å². The van der Waals surface area contributed by atoms with Gasteiger partial charge in [-0.3, -0.25) is 4.79 Å². The molecule has 0 N–H and O–H groups in total. The maximum atomic E-state index is 14.9. The number of carbonyl (C=O) groups excluding carboxylic acids is 2. The average molecular weight is 799 g/mol. The lowest BCUT2D eigenvalue weighted by atomic mass is 9.92. The van der Waals surface area contributed by atoms with Crippen molar-refractivity contribution in [2.45, 2.75) is 264 Å². The molecule has 0 fully saturated rings. The molecule has 0 aromatic heterocycles. The molecule has 0 heterocycles. The first-order chi connectivity index (χ1) is 27.1. The smallest absolute Gasteiger partial charge is 0.376 e. The monoisotopic (exact) mass is 799 g/mol. The molecule has 0 rings (SSSR count). The van der Waals surface area contributed by atoms with Crippen LogP contribution in [-0.4, -0.2) is 67.4 Å². The highest BCUT2D eigenvalue weighted by atomic mass is 19.3. The van der Waals surface area contributed by atoms with Crippen LogP contribution in [0.5, 0.6) is 0 Å². The lowest BCUT2D eigenvalue weighted by Crippen LogP contribution is -2.41. The van der Waals surface area contributed by atoms with E-state index in [0.717, 1.165) is 70.9 Å². The number of unbranched alkanes of at least 4 members (excludes halogenated alkanes) is 22. The SMILES string of the molecule is CCCCCCCCCCN(C(=O)CCCN(C)C)C(CCCCCCCCC)CCCCCCC(F)(F)C(=O)OCCC(CCCCCC)CCCCCC. The Morgan fingerprint density at radius 3 is 1.39 bits per heavy atom. The summed E-state index contributed by atoms with van der Waals surface area (Å²) in [4.78, 5) is 30.6. The van der Waals surface area contributed by atoms with Crippen LogP contribution in [0.3, 0.4) is 0 Å². The summed E-state index contributed by atoms with van der Waals surface area (Å²) in [5.74, 6) is -4.03. The second-order valence-corrected chi connectivity index (χ2v) is 17.7. The molecule has 7 heteroatoms. The fourth-order valence-electron chi connectivity index (χ4n) is 8.17. The Bertz CT molecular complexity index is 858. The maximum absolute atomic E-state index is 14.9. The largest absolute Gasteiger partial charge is 0.461 e. The van der Waals surface area contributed by atoms with Crippen LogP contribution >= 0.6 is 0 Å². The molecular formula is C49H96F2N2O3. The molecule has 1 atom stereocenters. The standard InChI is InChI=1S/C49H96F2N2O3/c1-7-11-15-19-21-23-27-33-43-53(47(54)39-34-42-52(5)6)46(37-30-24-22-20-16-12-8-2)38-31-25-26-32-41-49(50,51)48(55)56-44-40-45(35-28-17-13-9-3)36-29-18-14-10-4/h45-46H,7-44H2,1-6H3. The molecule has 0 aliphatic rings. The average Bonchev–Trinajstić information content (AvgIpc) is 3.17. The molecule has 0 bridgehead atoms. The van der Waals surface area contributed by atoms with Crippen molar-refractivity contribution >= 4 is 11.9 Å². The van der Waals surface area contributed by atoms with Crippen LogP contribution < -0.4 is 0 Å². The van der Waals surface area contributed by atoms with E-state index in [2.05, 4.69) is 51.6 Å². The lowest BCUT2D eigenvalue weighted by Gasteiger charge is -2.33. The molecule has 1 unspecified atom stereocenters. The van der Waals surface area contributed by atoms with E-state index in [9.17, 15) is 18.4 Å². The van der Waals surface area contributed by atoms with Crippen LogP contribution in [0.2, 0.25) is 0 Å². The number of esters is 1. The van der Waals surface area contributed by atoms with E-state index in [1.165, 1.54) is 135 Å². The van der Waals surface area contributed by atoms with Gasteiger partial charge in [0.15, 0.2) is 0 Å². The van der Waals surface area contributed by atoms with Crippen molar-refractivity contribution in [2.75, 3.05) is 33.8 Å². The van der Waals surface area contributed by atoms with Crippen LogP contribution in [0.25, 0.3) is 0 Å². The molecule has 0 radical (unpaired) electrons. The predicted octanol–water partition coefficient (Wildman–Crippen LogP) is 15.3. The Balaban J connectivity index is 5.10. The van der Waals surface area contributed by atoms with Crippen LogP contribution in [0.15, 0.2) is 0 Å². The predicted molar refractivity (Wildman–Crippen MR) is 238 cm³/mol. The summed E-state index contributed by atoms with van der Waals surface area (Å²) in [5, 5.41) is 0. The molecule has 0 saturated carbocycles. The number of ether oxygens (including phenoxy) is 1.